The average molecular weight is 181 g/mol. The molecule has 0 aliphatic heterocycles. The topological polar surface area (TPSA) is 53.2 Å². The standard InChI is InChI=1S/C9H11NO3/c1-7-3-4-9(10(12)5-7)6-13-8(2)11/h3-5H,6H2,1-2H3. The number of pyridine rings is 1. The van der Waals surface area contributed by atoms with Crippen molar-refractivity contribution in [1.29, 1.82) is 0 Å². The normalized spacial score (nSPS) is 9.69. The van der Waals surface area contributed by atoms with Gasteiger partial charge >= 0.3 is 5.97 Å². The fourth-order valence-electron chi connectivity index (χ4n) is 0.899. The van der Waals surface area contributed by atoms with E-state index in [4.69, 9.17) is 0 Å². The van der Waals surface area contributed by atoms with Gasteiger partial charge in [-0.05, 0) is 13.0 Å². The van der Waals surface area contributed by atoms with Crippen LogP contribution in [0.15, 0.2) is 18.3 Å². The van der Waals surface area contributed by atoms with E-state index in [1.165, 1.54) is 13.1 Å². The van der Waals surface area contributed by atoms with Crippen molar-refractivity contribution in [2.45, 2.75) is 20.5 Å². The van der Waals surface area contributed by atoms with Gasteiger partial charge in [0.1, 0.15) is 0 Å². The lowest BCUT2D eigenvalue weighted by molar-refractivity contribution is -0.616. The van der Waals surface area contributed by atoms with Gasteiger partial charge in [-0.25, -0.2) is 0 Å². The maximum atomic E-state index is 11.2. The highest BCUT2D eigenvalue weighted by Crippen LogP contribution is 1.98. The minimum atomic E-state index is -0.388. The monoisotopic (exact) mass is 181 g/mol. The van der Waals surface area contributed by atoms with Gasteiger partial charge in [-0.15, -0.1) is 0 Å². The van der Waals surface area contributed by atoms with E-state index in [2.05, 4.69) is 4.74 Å². The zero-order valence-electron chi connectivity index (χ0n) is 7.61. The van der Waals surface area contributed by atoms with Gasteiger partial charge in [0, 0.05) is 18.6 Å². The van der Waals surface area contributed by atoms with Crippen molar-refractivity contribution >= 4 is 5.97 Å². The predicted octanol–water partition coefficient (Wildman–Crippen LogP) is 0.692. The molecule has 0 radical (unpaired) electrons. The summed E-state index contributed by atoms with van der Waals surface area (Å²) in [4.78, 5) is 10.5. The summed E-state index contributed by atoms with van der Waals surface area (Å²) in [6, 6.07) is 3.44. The molecular weight excluding hydrogens is 170 g/mol. The van der Waals surface area contributed by atoms with Gasteiger partial charge in [0.25, 0.3) is 0 Å². The molecule has 0 aromatic carbocycles. The molecule has 0 unspecified atom stereocenters. The minimum absolute atomic E-state index is 0.0269. The molecule has 0 saturated carbocycles. The number of nitrogens with zero attached hydrogens (tertiary/aromatic N) is 1. The second-order valence-electron chi connectivity index (χ2n) is 2.80. The third-order valence-electron chi connectivity index (χ3n) is 1.57. The van der Waals surface area contributed by atoms with E-state index in [1.807, 2.05) is 6.92 Å². The smallest absolute Gasteiger partial charge is 0.303 e. The van der Waals surface area contributed by atoms with Gasteiger partial charge in [0.15, 0.2) is 12.8 Å². The van der Waals surface area contributed by atoms with Gasteiger partial charge in [-0.3, -0.25) is 4.79 Å². The highest BCUT2D eigenvalue weighted by molar-refractivity contribution is 5.65. The van der Waals surface area contributed by atoms with Crippen molar-refractivity contribution in [1.82, 2.24) is 0 Å². The van der Waals surface area contributed by atoms with Crippen LogP contribution in [0.3, 0.4) is 0 Å². The van der Waals surface area contributed by atoms with Crippen molar-refractivity contribution < 1.29 is 14.3 Å². The van der Waals surface area contributed by atoms with Gasteiger partial charge in [-0.1, -0.05) is 0 Å². The molecule has 0 saturated heterocycles. The molecular formula is C9H11NO3. The van der Waals surface area contributed by atoms with Crippen LogP contribution in [-0.2, 0) is 16.1 Å². The van der Waals surface area contributed by atoms with E-state index < -0.39 is 0 Å². The van der Waals surface area contributed by atoms with Gasteiger partial charge in [0.2, 0.25) is 5.69 Å². The second kappa shape index (κ2) is 3.89. The number of ether oxygens (including phenoxy) is 1. The molecule has 0 amide bonds. The molecule has 0 aliphatic carbocycles. The lowest BCUT2D eigenvalue weighted by Gasteiger charge is -2.04. The Morgan fingerprint density at radius 3 is 2.85 bits per heavy atom. The number of hydrogen-bond acceptors (Lipinski definition) is 3. The Kier molecular flexibility index (Phi) is 2.84. The molecule has 1 aromatic rings. The molecule has 1 aromatic heterocycles. The van der Waals surface area contributed by atoms with Crippen LogP contribution in [0.2, 0.25) is 0 Å². The summed E-state index contributed by atoms with van der Waals surface area (Å²) in [6.45, 7) is 3.16. The van der Waals surface area contributed by atoms with Crippen LogP contribution in [0.25, 0.3) is 0 Å². The Labute approximate surface area is 76.3 Å². The molecule has 1 rings (SSSR count). The maximum Gasteiger partial charge on any atom is 0.303 e. The SMILES string of the molecule is CC(=O)OCc1ccc(C)c[n+]1[O-]. The number of carbonyl (C=O) groups excluding carboxylic acids is 1. The van der Waals surface area contributed by atoms with Crippen LogP contribution in [-0.4, -0.2) is 5.97 Å². The van der Waals surface area contributed by atoms with Gasteiger partial charge in [0.05, 0.1) is 0 Å². The zero-order chi connectivity index (χ0) is 9.84. The summed E-state index contributed by atoms with van der Waals surface area (Å²) in [7, 11) is 0. The first-order valence-corrected chi connectivity index (χ1v) is 3.91. The van der Waals surface area contributed by atoms with Gasteiger partial charge in [-0.2, -0.15) is 4.73 Å². The van der Waals surface area contributed by atoms with E-state index >= 15 is 0 Å². The molecule has 0 bridgehead atoms. The van der Waals surface area contributed by atoms with Gasteiger partial charge < -0.3 is 9.94 Å². The molecule has 1 heterocycles. The number of rotatable bonds is 2. The number of esters is 1. The zero-order valence-corrected chi connectivity index (χ0v) is 7.61. The largest absolute Gasteiger partial charge is 0.618 e. The molecule has 0 atom stereocenters. The molecule has 0 spiro atoms. The summed E-state index contributed by atoms with van der Waals surface area (Å²) in [5, 5.41) is 11.2. The first-order chi connectivity index (χ1) is 6.09. The molecule has 0 aliphatic rings. The molecule has 4 nitrogen and oxygen atoms in total. The summed E-state index contributed by atoms with van der Waals surface area (Å²) >= 11 is 0. The molecule has 13 heavy (non-hydrogen) atoms. The lowest BCUT2D eigenvalue weighted by atomic mass is 10.3. The summed E-state index contributed by atoms with van der Waals surface area (Å²) < 4.78 is 5.40. The van der Waals surface area contributed by atoms with Crippen LogP contribution in [0.5, 0.6) is 0 Å². The molecule has 0 N–H and O–H groups in total. The Hall–Kier alpha value is -1.58. The highest BCUT2D eigenvalue weighted by atomic mass is 16.5. The second-order valence-corrected chi connectivity index (χ2v) is 2.80. The summed E-state index contributed by atoms with van der Waals surface area (Å²) in [5.41, 5.74) is 1.31. The average Bonchev–Trinajstić information content (AvgIpc) is 2.02. The Morgan fingerprint density at radius 2 is 2.31 bits per heavy atom. The van der Waals surface area contributed by atoms with Crippen molar-refractivity contribution in [3.05, 3.63) is 34.8 Å². The van der Waals surface area contributed by atoms with Crippen LogP contribution >= 0.6 is 0 Å². The third kappa shape index (κ3) is 2.74. The fraction of sp³-hybridized carbons (Fsp3) is 0.333. The number of carbonyl (C=O) groups is 1. The van der Waals surface area contributed by atoms with Crippen LogP contribution in [0.4, 0.5) is 0 Å². The predicted molar refractivity (Wildman–Crippen MR) is 45.6 cm³/mol. The van der Waals surface area contributed by atoms with E-state index in [9.17, 15) is 10.0 Å². The number of aromatic nitrogens is 1. The first kappa shape index (κ1) is 9.51. The van der Waals surface area contributed by atoms with E-state index in [1.54, 1.807) is 12.1 Å². The Morgan fingerprint density at radius 1 is 1.62 bits per heavy atom. The minimum Gasteiger partial charge on any atom is -0.618 e. The van der Waals surface area contributed by atoms with Crippen LogP contribution in [0.1, 0.15) is 18.2 Å². The van der Waals surface area contributed by atoms with Crippen molar-refractivity contribution in [2.75, 3.05) is 0 Å². The first-order valence-electron chi connectivity index (χ1n) is 3.91. The molecule has 4 heteroatoms. The maximum absolute atomic E-state index is 11.2. The quantitative estimate of drug-likeness (QED) is 0.383. The van der Waals surface area contributed by atoms with Crippen molar-refractivity contribution in [2.24, 2.45) is 0 Å². The Bertz CT molecular complexity index is 323. The molecule has 70 valence electrons. The van der Waals surface area contributed by atoms with Crippen molar-refractivity contribution in [3.63, 3.8) is 0 Å². The van der Waals surface area contributed by atoms with Crippen molar-refractivity contribution in [3.8, 4) is 0 Å². The van der Waals surface area contributed by atoms with E-state index in [0.29, 0.717) is 10.4 Å². The Balaban J connectivity index is 2.72. The van der Waals surface area contributed by atoms with E-state index in [-0.39, 0.29) is 12.6 Å². The number of hydrogen-bond donors (Lipinski definition) is 0. The lowest BCUT2D eigenvalue weighted by Crippen LogP contribution is -2.32. The highest BCUT2D eigenvalue weighted by Gasteiger charge is 2.06. The number of aryl methyl sites for hydroxylation is 1. The molecule has 0 fully saturated rings. The third-order valence-corrected chi connectivity index (χ3v) is 1.57. The van der Waals surface area contributed by atoms with E-state index in [0.717, 1.165) is 5.56 Å². The van der Waals surface area contributed by atoms with Crippen LogP contribution in [0, 0.1) is 12.1 Å². The fourth-order valence-corrected chi connectivity index (χ4v) is 0.899. The summed E-state index contributed by atoms with van der Waals surface area (Å²) in [5.74, 6) is -0.388. The summed E-state index contributed by atoms with van der Waals surface area (Å²) in [6.07, 6.45) is 1.44. The van der Waals surface area contributed by atoms with Crippen LogP contribution < -0.4 is 4.73 Å².